The lowest BCUT2D eigenvalue weighted by molar-refractivity contribution is -0.142. The van der Waals surface area contributed by atoms with E-state index >= 15 is 0 Å². The van der Waals surface area contributed by atoms with Gasteiger partial charge in [-0.25, -0.2) is 13.2 Å². The number of piperidine rings is 1. The molecule has 1 aromatic carbocycles. The van der Waals surface area contributed by atoms with E-state index < -0.39 is 34.0 Å². The van der Waals surface area contributed by atoms with Gasteiger partial charge in [-0.3, -0.25) is 4.79 Å². The van der Waals surface area contributed by atoms with Crippen molar-refractivity contribution in [1.82, 2.24) is 9.62 Å². The second kappa shape index (κ2) is 7.76. The fourth-order valence-electron chi connectivity index (χ4n) is 2.79. The van der Waals surface area contributed by atoms with Crippen molar-refractivity contribution in [3.05, 3.63) is 30.3 Å². The number of hydrogen-bond acceptors (Lipinski definition) is 4. The van der Waals surface area contributed by atoms with Crippen molar-refractivity contribution in [2.75, 3.05) is 6.54 Å². The van der Waals surface area contributed by atoms with Gasteiger partial charge in [0, 0.05) is 6.54 Å². The second-order valence-electron chi connectivity index (χ2n) is 5.75. The fraction of sp³-hybridized carbons (Fsp3) is 0.500. The predicted molar refractivity (Wildman–Crippen MR) is 87.8 cm³/mol. The van der Waals surface area contributed by atoms with E-state index in [9.17, 15) is 18.0 Å². The number of rotatable bonds is 6. The summed E-state index contributed by atoms with van der Waals surface area (Å²) < 4.78 is 26.8. The molecule has 0 saturated carbocycles. The monoisotopic (exact) mass is 354 g/mol. The molecule has 2 rings (SSSR count). The molecule has 132 valence electrons. The first-order valence-corrected chi connectivity index (χ1v) is 9.42. The topological polar surface area (TPSA) is 104 Å². The van der Waals surface area contributed by atoms with Gasteiger partial charge in [0.05, 0.1) is 4.90 Å². The van der Waals surface area contributed by atoms with Crippen LogP contribution in [0.2, 0.25) is 0 Å². The smallest absolute Gasteiger partial charge is 0.326 e. The summed E-state index contributed by atoms with van der Waals surface area (Å²) in [5, 5.41) is 11.5. The summed E-state index contributed by atoms with van der Waals surface area (Å²) in [5.41, 5.74) is 0. The standard InChI is InChI=1S/C16H22N2O5S/c1-2-13(16(20)21)17-15(19)14-10-6-7-11-18(14)24(22,23)12-8-4-3-5-9-12/h3-5,8-9,13-14H,2,6-7,10-11H2,1H3,(H,17,19)(H,20,21). The molecule has 2 N–H and O–H groups in total. The molecule has 1 aromatic rings. The first-order valence-electron chi connectivity index (χ1n) is 7.98. The third kappa shape index (κ3) is 3.93. The normalized spacial score (nSPS) is 20.3. The Morgan fingerprint density at radius 1 is 1.29 bits per heavy atom. The second-order valence-corrected chi connectivity index (χ2v) is 7.64. The van der Waals surface area contributed by atoms with Crippen LogP contribution in [-0.2, 0) is 19.6 Å². The van der Waals surface area contributed by atoms with Gasteiger partial charge in [0.2, 0.25) is 15.9 Å². The molecule has 1 saturated heterocycles. The van der Waals surface area contributed by atoms with Crippen LogP contribution in [0.4, 0.5) is 0 Å². The first-order chi connectivity index (χ1) is 11.4. The number of carbonyl (C=O) groups is 2. The minimum Gasteiger partial charge on any atom is -0.480 e. The van der Waals surface area contributed by atoms with Crippen molar-refractivity contribution in [2.45, 2.75) is 49.6 Å². The Labute approximate surface area is 141 Å². The van der Waals surface area contributed by atoms with Crippen LogP contribution in [0.25, 0.3) is 0 Å². The molecule has 1 amide bonds. The van der Waals surface area contributed by atoms with E-state index in [4.69, 9.17) is 5.11 Å². The Morgan fingerprint density at radius 3 is 2.54 bits per heavy atom. The molecule has 8 heteroatoms. The summed E-state index contributed by atoms with van der Waals surface area (Å²) in [6.07, 6.45) is 2.02. The first kappa shape index (κ1) is 18.4. The van der Waals surface area contributed by atoms with Gasteiger partial charge in [0.25, 0.3) is 0 Å². The molecule has 24 heavy (non-hydrogen) atoms. The van der Waals surface area contributed by atoms with E-state index in [2.05, 4.69) is 5.32 Å². The summed E-state index contributed by atoms with van der Waals surface area (Å²) in [4.78, 5) is 23.7. The van der Waals surface area contributed by atoms with E-state index in [-0.39, 0.29) is 17.9 Å². The third-order valence-corrected chi connectivity index (χ3v) is 6.05. The lowest BCUT2D eigenvalue weighted by atomic mass is 10.0. The van der Waals surface area contributed by atoms with Crippen LogP contribution in [0, 0.1) is 0 Å². The molecule has 0 radical (unpaired) electrons. The highest BCUT2D eigenvalue weighted by atomic mass is 32.2. The minimum atomic E-state index is -3.79. The van der Waals surface area contributed by atoms with Crippen LogP contribution in [0.15, 0.2) is 35.2 Å². The molecule has 2 atom stereocenters. The van der Waals surface area contributed by atoms with Gasteiger partial charge in [-0.1, -0.05) is 31.5 Å². The minimum absolute atomic E-state index is 0.134. The van der Waals surface area contributed by atoms with E-state index in [1.54, 1.807) is 25.1 Å². The van der Waals surface area contributed by atoms with Gasteiger partial charge >= 0.3 is 5.97 Å². The average Bonchev–Trinajstić information content (AvgIpc) is 2.60. The molecule has 0 spiro atoms. The molecule has 0 bridgehead atoms. The number of hydrogen-bond donors (Lipinski definition) is 2. The summed E-state index contributed by atoms with van der Waals surface area (Å²) in [6.45, 7) is 1.90. The van der Waals surface area contributed by atoms with Gasteiger partial charge in [-0.2, -0.15) is 4.31 Å². The number of aliphatic carboxylic acids is 1. The molecule has 0 aromatic heterocycles. The van der Waals surface area contributed by atoms with Crippen LogP contribution >= 0.6 is 0 Å². The van der Waals surface area contributed by atoms with Gasteiger partial charge in [0.1, 0.15) is 12.1 Å². The molecule has 2 unspecified atom stereocenters. The maximum atomic E-state index is 12.8. The zero-order valence-corrected chi connectivity index (χ0v) is 14.3. The maximum Gasteiger partial charge on any atom is 0.326 e. The summed E-state index contributed by atoms with van der Waals surface area (Å²) in [6, 6.07) is 6.07. The molecule has 1 fully saturated rings. The number of carboxylic acids is 1. The summed E-state index contributed by atoms with van der Waals surface area (Å²) in [7, 11) is -3.79. The van der Waals surface area contributed by atoms with Crippen molar-refractivity contribution in [1.29, 1.82) is 0 Å². The van der Waals surface area contributed by atoms with Gasteiger partial charge in [0.15, 0.2) is 0 Å². The number of carboxylic acid groups (broad SMARTS) is 1. The Bertz CT molecular complexity index is 690. The predicted octanol–water partition coefficient (Wildman–Crippen LogP) is 1.21. The number of amides is 1. The molecule has 7 nitrogen and oxygen atoms in total. The quantitative estimate of drug-likeness (QED) is 0.799. The Kier molecular flexibility index (Phi) is 5.95. The summed E-state index contributed by atoms with van der Waals surface area (Å²) >= 11 is 0. The Hall–Kier alpha value is -1.93. The average molecular weight is 354 g/mol. The van der Waals surface area contributed by atoms with E-state index in [0.29, 0.717) is 12.8 Å². The van der Waals surface area contributed by atoms with Crippen molar-refractivity contribution >= 4 is 21.9 Å². The molecule has 1 heterocycles. The van der Waals surface area contributed by atoms with E-state index in [0.717, 1.165) is 6.42 Å². The zero-order valence-electron chi connectivity index (χ0n) is 13.5. The number of nitrogens with zero attached hydrogens (tertiary/aromatic N) is 1. The van der Waals surface area contributed by atoms with Crippen molar-refractivity contribution in [3.8, 4) is 0 Å². The van der Waals surface area contributed by atoms with E-state index in [1.165, 1.54) is 16.4 Å². The highest BCUT2D eigenvalue weighted by Crippen LogP contribution is 2.25. The number of nitrogens with one attached hydrogen (secondary N) is 1. The molecular weight excluding hydrogens is 332 g/mol. The van der Waals surface area contributed by atoms with Crippen LogP contribution < -0.4 is 5.32 Å². The largest absolute Gasteiger partial charge is 0.480 e. The Balaban J connectivity index is 2.25. The maximum absolute atomic E-state index is 12.8. The van der Waals surface area contributed by atoms with Crippen LogP contribution in [0.1, 0.15) is 32.6 Å². The zero-order chi connectivity index (χ0) is 17.7. The van der Waals surface area contributed by atoms with Crippen LogP contribution in [-0.4, -0.2) is 48.3 Å². The molecule has 0 aliphatic carbocycles. The fourth-order valence-corrected chi connectivity index (χ4v) is 4.47. The number of carbonyl (C=O) groups excluding carboxylic acids is 1. The van der Waals surface area contributed by atoms with Gasteiger partial charge < -0.3 is 10.4 Å². The summed E-state index contributed by atoms with van der Waals surface area (Å²) in [5.74, 6) is -1.68. The highest BCUT2D eigenvalue weighted by molar-refractivity contribution is 7.89. The lowest BCUT2D eigenvalue weighted by Gasteiger charge is -2.34. The number of sulfonamides is 1. The van der Waals surface area contributed by atoms with Crippen molar-refractivity contribution < 1.29 is 23.1 Å². The molecule has 1 aliphatic rings. The van der Waals surface area contributed by atoms with Gasteiger partial charge in [-0.15, -0.1) is 0 Å². The molecule has 1 aliphatic heterocycles. The highest BCUT2D eigenvalue weighted by Gasteiger charge is 2.38. The van der Waals surface area contributed by atoms with Crippen molar-refractivity contribution in [3.63, 3.8) is 0 Å². The SMILES string of the molecule is CCC(NC(=O)C1CCCCN1S(=O)(=O)c1ccccc1)C(=O)O. The molecular formula is C16H22N2O5S. The third-order valence-electron chi connectivity index (χ3n) is 4.13. The number of benzene rings is 1. The van der Waals surface area contributed by atoms with E-state index in [1.807, 2.05) is 0 Å². The lowest BCUT2D eigenvalue weighted by Crippen LogP contribution is -2.54. The van der Waals surface area contributed by atoms with Crippen LogP contribution in [0.5, 0.6) is 0 Å². The van der Waals surface area contributed by atoms with Crippen LogP contribution in [0.3, 0.4) is 0 Å². The Morgan fingerprint density at radius 2 is 1.96 bits per heavy atom. The van der Waals surface area contributed by atoms with Crippen molar-refractivity contribution in [2.24, 2.45) is 0 Å². The van der Waals surface area contributed by atoms with Gasteiger partial charge in [-0.05, 0) is 31.4 Å².